The van der Waals surface area contributed by atoms with Crippen LogP contribution >= 0.6 is 0 Å². The van der Waals surface area contributed by atoms with Crippen molar-refractivity contribution >= 4 is 11.6 Å². The molecule has 1 heterocycles. The lowest BCUT2D eigenvalue weighted by molar-refractivity contribution is -0.914. The first-order valence-corrected chi connectivity index (χ1v) is 10.2. The highest BCUT2D eigenvalue weighted by Crippen LogP contribution is 2.19. The standard InChI is InChI=1S/C23H31N3O3/c1-18(23(27)24-13-12-19-4-8-21(28-2)9-5-19)25-14-16-26(17-15-25)20-6-10-22(29-3)11-7-20/h4-11,18H,12-17H2,1-3H3,(H,24,27)/p+1/t18-/m0/s1. The molecule has 156 valence electrons. The van der Waals surface area contributed by atoms with Crippen molar-refractivity contribution in [1.82, 2.24) is 5.32 Å². The predicted molar refractivity (Wildman–Crippen MR) is 115 cm³/mol. The summed E-state index contributed by atoms with van der Waals surface area (Å²) in [6, 6.07) is 16.1. The van der Waals surface area contributed by atoms with Crippen LogP contribution in [-0.2, 0) is 11.2 Å². The van der Waals surface area contributed by atoms with Crippen LogP contribution in [0.3, 0.4) is 0 Å². The maximum atomic E-state index is 12.6. The van der Waals surface area contributed by atoms with Crippen molar-refractivity contribution < 1.29 is 19.2 Å². The number of amides is 1. The van der Waals surface area contributed by atoms with Crippen molar-refractivity contribution in [3.8, 4) is 11.5 Å². The van der Waals surface area contributed by atoms with Crippen molar-refractivity contribution in [3.05, 3.63) is 54.1 Å². The zero-order valence-corrected chi connectivity index (χ0v) is 17.6. The summed E-state index contributed by atoms with van der Waals surface area (Å²) in [6.45, 7) is 6.50. The van der Waals surface area contributed by atoms with Gasteiger partial charge in [0.05, 0.1) is 40.4 Å². The maximum Gasteiger partial charge on any atom is 0.278 e. The minimum absolute atomic E-state index is 0.0381. The molecule has 1 amide bonds. The van der Waals surface area contributed by atoms with E-state index in [2.05, 4.69) is 22.3 Å². The van der Waals surface area contributed by atoms with Gasteiger partial charge in [0.1, 0.15) is 11.5 Å². The molecule has 0 spiro atoms. The van der Waals surface area contributed by atoms with Crippen LogP contribution in [0.15, 0.2) is 48.5 Å². The second-order valence-corrected chi connectivity index (χ2v) is 7.45. The van der Waals surface area contributed by atoms with Gasteiger partial charge < -0.3 is 24.6 Å². The van der Waals surface area contributed by atoms with Gasteiger partial charge in [0.2, 0.25) is 0 Å². The number of methoxy groups -OCH3 is 2. The van der Waals surface area contributed by atoms with E-state index in [1.54, 1.807) is 14.2 Å². The molecule has 0 aliphatic carbocycles. The first kappa shape index (κ1) is 21.0. The van der Waals surface area contributed by atoms with Crippen LogP contribution in [0.1, 0.15) is 12.5 Å². The van der Waals surface area contributed by atoms with Crippen molar-refractivity contribution in [2.45, 2.75) is 19.4 Å². The Labute approximate surface area is 173 Å². The molecule has 1 saturated heterocycles. The quantitative estimate of drug-likeness (QED) is 0.701. The Morgan fingerprint density at radius 2 is 1.55 bits per heavy atom. The van der Waals surface area contributed by atoms with E-state index < -0.39 is 0 Å². The molecule has 3 rings (SSSR count). The molecule has 0 unspecified atom stereocenters. The summed E-state index contributed by atoms with van der Waals surface area (Å²) in [5, 5.41) is 3.09. The molecule has 2 N–H and O–H groups in total. The minimum Gasteiger partial charge on any atom is -0.497 e. The molecule has 1 fully saturated rings. The van der Waals surface area contributed by atoms with E-state index in [1.165, 1.54) is 16.2 Å². The first-order valence-electron chi connectivity index (χ1n) is 10.2. The van der Waals surface area contributed by atoms with Gasteiger partial charge in [-0.25, -0.2) is 0 Å². The van der Waals surface area contributed by atoms with E-state index in [4.69, 9.17) is 9.47 Å². The Kier molecular flexibility index (Phi) is 7.36. The van der Waals surface area contributed by atoms with Gasteiger partial charge >= 0.3 is 0 Å². The third-order valence-electron chi connectivity index (χ3n) is 5.72. The Hall–Kier alpha value is -2.73. The zero-order chi connectivity index (χ0) is 20.6. The smallest absolute Gasteiger partial charge is 0.278 e. The summed E-state index contributed by atoms with van der Waals surface area (Å²) in [6.07, 6.45) is 0.822. The zero-order valence-electron chi connectivity index (χ0n) is 17.6. The number of carbonyl (C=O) groups excluding carboxylic acids is 1. The molecule has 6 nitrogen and oxygen atoms in total. The summed E-state index contributed by atoms with van der Waals surface area (Å²) in [4.78, 5) is 16.3. The molecule has 0 aromatic heterocycles. The summed E-state index contributed by atoms with van der Waals surface area (Å²) in [7, 11) is 3.34. The number of piperazine rings is 1. The van der Waals surface area contributed by atoms with E-state index in [0.29, 0.717) is 6.54 Å². The van der Waals surface area contributed by atoms with E-state index in [9.17, 15) is 4.79 Å². The second-order valence-electron chi connectivity index (χ2n) is 7.45. The molecule has 1 aliphatic rings. The Morgan fingerprint density at radius 3 is 2.10 bits per heavy atom. The van der Waals surface area contributed by atoms with Crippen LogP contribution in [0.25, 0.3) is 0 Å². The molecule has 2 aromatic rings. The first-order chi connectivity index (χ1) is 14.1. The van der Waals surface area contributed by atoms with Crippen LogP contribution in [0.5, 0.6) is 11.5 Å². The number of hydrogen-bond acceptors (Lipinski definition) is 4. The average Bonchev–Trinajstić information content (AvgIpc) is 2.79. The molecule has 0 saturated carbocycles. The van der Waals surface area contributed by atoms with Gasteiger partial charge in [0.25, 0.3) is 5.91 Å². The fourth-order valence-electron chi connectivity index (χ4n) is 3.74. The normalized spacial score (nSPS) is 15.6. The van der Waals surface area contributed by atoms with Crippen LogP contribution in [0, 0.1) is 0 Å². The lowest BCUT2D eigenvalue weighted by Gasteiger charge is -2.36. The van der Waals surface area contributed by atoms with Crippen molar-refractivity contribution in [2.24, 2.45) is 0 Å². The van der Waals surface area contributed by atoms with Crippen LogP contribution in [-0.4, -0.2) is 58.9 Å². The van der Waals surface area contributed by atoms with E-state index in [0.717, 1.165) is 44.1 Å². The van der Waals surface area contributed by atoms with Crippen LogP contribution in [0.2, 0.25) is 0 Å². The van der Waals surface area contributed by atoms with Gasteiger partial charge in [-0.15, -0.1) is 0 Å². The Morgan fingerprint density at radius 1 is 1.00 bits per heavy atom. The number of quaternary nitrogens is 1. The lowest BCUT2D eigenvalue weighted by Crippen LogP contribution is -3.19. The largest absolute Gasteiger partial charge is 0.497 e. The van der Waals surface area contributed by atoms with E-state index >= 15 is 0 Å². The molecule has 6 heteroatoms. The third kappa shape index (κ3) is 5.64. The van der Waals surface area contributed by atoms with Crippen LogP contribution in [0.4, 0.5) is 5.69 Å². The Bertz CT molecular complexity index is 769. The van der Waals surface area contributed by atoms with Gasteiger partial charge in [0.15, 0.2) is 6.04 Å². The fourth-order valence-corrected chi connectivity index (χ4v) is 3.74. The molecule has 1 atom stereocenters. The highest BCUT2D eigenvalue weighted by Gasteiger charge is 2.29. The molecular formula is C23H32N3O3+. The van der Waals surface area contributed by atoms with Gasteiger partial charge in [-0.3, -0.25) is 4.79 Å². The SMILES string of the molecule is COc1ccc(CCNC(=O)[C@H](C)[NH+]2CCN(c3ccc(OC)cc3)CC2)cc1. The second kappa shape index (κ2) is 10.2. The molecule has 0 radical (unpaired) electrons. The lowest BCUT2D eigenvalue weighted by atomic mass is 10.1. The number of benzene rings is 2. The van der Waals surface area contributed by atoms with Crippen molar-refractivity contribution in [3.63, 3.8) is 0 Å². The van der Waals surface area contributed by atoms with E-state index in [-0.39, 0.29) is 11.9 Å². The van der Waals surface area contributed by atoms with Crippen LogP contribution < -0.4 is 24.6 Å². The molecular weight excluding hydrogens is 366 g/mol. The number of rotatable bonds is 8. The number of nitrogens with one attached hydrogen (secondary N) is 2. The summed E-state index contributed by atoms with van der Waals surface area (Å²) in [5.41, 5.74) is 2.40. The molecule has 0 bridgehead atoms. The van der Waals surface area contributed by atoms with Gasteiger partial charge in [-0.1, -0.05) is 12.1 Å². The monoisotopic (exact) mass is 398 g/mol. The molecule has 29 heavy (non-hydrogen) atoms. The predicted octanol–water partition coefficient (Wildman–Crippen LogP) is 1.16. The molecule has 1 aliphatic heterocycles. The number of carbonyl (C=O) groups is 1. The summed E-state index contributed by atoms with van der Waals surface area (Å²) >= 11 is 0. The topological polar surface area (TPSA) is 55.2 Å². The number of anilines is 1. The highest BCUT2D eigenvalue weighted by atomic mass is 16.5. The van der Waals surface area contributed by atoms with Crippen molar-refractivity contribution in [1.29, 1.82) is 0 Å². The van der Waals surface area contributed by atoms with Gasteiger partial charge in [-0.05, 0) is 55.3 Å². The number of ether oxygens (including phenoxy) is 2. The van der Waals surface area contributed by atoms with Gasteiger partial charge in [-0.2, -0.15) is 0 Å². The van der Waals surface area contributed by atoms with Crippen molar-refractivity contribution in [2.75, 3.05) is 51.8 Å². The third-order valence-corrected chi connectivity index (χ3v) is 5.72. The molecule has 2 aromatic carbocycles. The number of hydrogen-bond donors (Lipinski definition) is 2. The average molecular weight is 399 g/mol. The van der Waals surface area contributed by atoms with Gasteiger partial charge in [0, 0.05) is 12.2 Å². The Balaban J connectivity index is 1.41. The fraction of sp³-hybridized carbons (Fsp3) is 0.435. The van der Waals surface area contributed by atoms with E-state index in [1.807, 2.05) is 43.3 Å². The maximum absolute atomic E-state index is 12.6. The summed E-state index contributed by atoms with van der Waals surface area (Å²) < 4.78 is 10.4. The highest BCUT2D eigenvalue weighted by molar-refractivity contribution is 5.79. The number of nitrogens with zero attached hydrogens (tertiary/aromatic N) is 1. The summed E-state index contributed by atoms with van der Waals surface area (Å²) in [5.74, 6) is 1.85. The minimum atomic E-state index is -0.0381.